The minimum absolute atomic E-state index is 0.00351. The number of nitrogens with one attached hydrogen (secondary N) is 2. The van der Waals surface area contributed by atoms with Crippen molar-refractivity contribution in [3.05, 3.63) is 65.7 Å². The highest BCUT2D eigenvalue weighted by Crippen LogP contribution is 2.19. The van der Waals surface area contributed by atoms with Gasteiger partial charge in [0.15, 0.2) is 12.4 Å². The summed E-state index contributed by atoms with van der Waals surface area (Å²) in [6.45, 7) is 1.32. The maximum absolute atomic E-state index is 12.3. The van der Waals surface area contributed by atoms with Crippen molar-refractivity contribution in [3.8, 4) is 5.75 Å². The molecule has 2 aromatic rings. The van der Waals surface area contributed by atoms with E-state index in [1.165, 1.54) is 7.05 Å². The number of amides is 3. The SMILES string of the molecule is CCC(=O)c1ccc(OCC(=O)OC(C(=O)NC(=O)NC)c2ccccc2)cc1. The molecule has 29 heavy (non-hydrogen) atoms. The minimum Gasteiger partial charge on any atom is -0.482 e. The predicted molar refractivity (Wildman–Crippen MR) is 104 cm³/mol. The molecular formula is C21H22N2O6. The average molecular weight is 398 g/mol. The lowest BCUT2D eigenvalue weighted by atomic mass is 10.1. The van der Waals surface area contributed by atoms with Gasteiger partial charge in [-0.25, -0.2) is 9.59 Å². The van der Waals surface area contributed by atoms with Gasteiger partial charge in [-0.05, 0) is 24.3 Å². The number of ketones is 1. The van der Waals surface area contributed by atoms with Gasteiger partial charge >= 0.3 is 12.0 Å². The zero-order valence-corrected chi connectivity index (χ0v) is 16.1. The third-order valence-electron chi connectivity index (χ3n) is 3.91. The van der Waals surface area contributed by atoms with Gasteiger partial charge in [-0.2, -0.15) is 0 Å². The summed E-state index contributed by atoms with van der Waals surface area (Å²) in [6, 6.07) is 14.0. The van der Waals surface area contributed by atoms with E-state index in [-0.39, 0.29) is 5.78 Å². The standard InChI is InChI=1S/C21H22N2O6/c1-3-17(24)14-9-11-16(12-10-14)28-13-18(25)29-19(15-7-5-4-6-8-15)20(26)23-21(27)22-2/h4-12,19H,3,13H2,1-2H3,(H2,22,23,26,27). The van der Waals surface area contributed by atoms with Crippen LogP contribution in [0, 0.1) is 0 Å². The van der Waals surface area contributed by atoms with Gasteiger partial charge in [-0.3, -0.25) is 14.9 Å². The smallest absolute Gasteiger partial charge is 0.345 e. The summed E-state index contributed by atoms with van der Waals surface area (Å²) in [7, 11) is 1.36. The van der Waals surface area contributed by atoms with E-state index in [1.807, 2.05) is 0 Å². The number of hydrogen-bond donors (Lipinski definition) is 2. The summed E-state index contributed by atoms with van der Waals surface area (Å²) in [6.07, 6.45) is -0.917. The Labute approximate surface area is 168 Å². The van der Waals surface area contributed by atoms with E-state index in [2.05, 4.69) is 10.6 Å². The highest BCUT2D eigenvalue weighted by molar-refractivity contribution is 5.97. The third kappa shape index (κ3) is 6.46. The highest BCUT2D eigenvalue weighted by Gasteiger charge is 2.26. The van der Waals surface area contributed by atoms with E-state index in [1.54, 1.807) is 61.5 Å². The number of ether oxygens (including phenoxy) is 2. The Hall–Kier alpha value is -3.68. The topological polar surface area (TPSA) is 111 Å². The van der Waals surface area contributed by atoms with Crippen molar-refractivity contribution in [2.45, 2.75) is 19.4 Å². The lowest BCUT2D eigenvalue weighted by Crippen LogP contribution is -2.41. The second kappa shape index (κ2) is 10.6. The van der Waals surface area contributed by atoms with Crippen LogP contribution in [0.4, 0.5) is 4.79 Å². The normalized spacial score (nSPS) is 11.1. The van der Waals surface area contributed by atoms with E-state index in [0.717, 1.165) is 0 Å². The van der Waals surface area contributed by atoms with Gasteiger partial charge in [-0.1, -0.05) is 37.3 Å². The Bertz CT molecular complexity index is 864. The molecule has 0 fully saturated rings. The summed E-state index contributed by atoms with van der Waals surface area (Å²) < 4.78 is 10.6. The first-order valence-corrected chi connectivity index (χ1v) is 8.97. The maximum Gasteiger partial charge on any atom is 0.345 e. The number of carbonyl (C=O) groups excluding carboxylic acids is 4. The van der Waals surface area contributed by atoms with Crippen LogP contribution in [0.3, 0.4) is 0 Å². The molecular weight excluding hydrogens is 376 g/mol. The molecule has 0 saturated heterocycles. The monoisotopic (exact) mass is 398 g/mol. The van der Waals surface area contributed by atoms with Gasteiger partial charge < -0.3 is 14.8 Å². The molecule has 0 aliphatic heterocycles. The molecule has 0 aliphatic carbocycles. The molecule has 8 nitrogen and oxygen atoms in total. The van der Waals surface area contributed by atoms with Crippen molar-refractivity contribution < 1.29 is 28.7 Å². The maximum atomic E-state index is 12.3. The first-order valence-electron chi connectivity index (χ1n) is 8.97. The lowest BCUT2D eigenvalue weighted by Gasteiger charge is -2.17. The molecule has 3 amide bonds. The van der Waals surface area contributed by atoms with Crippen molar-refractivity contribution in [3.63, 3.8) is 0 Å². The van der Waals surface area contributed by atoms with Gasteiger partial charge in [0.05, 0.1) is 0 Å². The second-order valence-corrected chi connectivity index (χ2v) is 5.94. The fourth-order valence-electron chi connectivity index (χ4n) is 2.39. The molecule has 0 saturated carbocycles. The number of imide groups is 1. The third-order valence-corrected chi connectivity index (χ3v) is 3.91. The Morgan fingerprint density at radius 1 is 0.966 bits per heavy atom. The second-order valence-electron chi connectivity index (χ2n) is 5.94. The van der Waals surface area contributed by atoms with Crippen LogP contribution < -0.4 is 15.4 Å². The highest BCUT2D eigenvalue weighted by atomic mass is 16.6. The number of rotatable bonds is 8. The van der Waals surface area contributed by atoms with Crippen LogP contribution in [0.2, 0.25) is 0 Å². The molecule has 0 radical (unpaired) electrons. The van der Waals surface area contributed by atoms with Gasteiger partial charge in [0.2, 0.25) is 6.10 Å². The predicted octanol–water partition coefficient (Wildman–Crippen LogP) is 2.40. The van der Waals surface area contributed by atoms with E-state index in [4.69, 9.17) is 9.47 Å². The van der Waals surface area contributed by atoms with Gasteiger partial charge in [-0.15, -0.1) is 0 Å². The van der Waals surface area contributed by atoms with Crippen LogP contribution in [0.15, 0.2) is 54.6 Å². The Kier molecular flexibility index (Phi) is 7.90. The number of hydrogen-bond acceptors (Lipinski definition) is 6. The van der Waals surface area contributed by atoms with E-state index < -0.39 is 30.6 Å². The van der Waals surface area contributed by atoms with Gasteiger partial charge in [0, 0.05) is 24.6 Å². The first-order chi connectivity index (χ1) is 13.9. The van der Waals surface area contributed by atoms with E-state index >= 15 is 0 Å². The van der Waals surface area contributed by atoms with Gasteiger partial charge in [0.1, 0.15) is 5.75 Å². The van der Waals surface area contributed by atoms with Crippen LogP contribution in [0.1, 0.15) is 35.4 Å². The number of Topliss-reactive ketones (excluding diaryl/α,β-unsaturated/α-hetero) is 1. The van der Waals surface area contributed by atoms with Crippen molar-refractivity contribution >= 4 is 23.7 Å². The molecule has 8 heteroatoms. The van der Waals surface area contributed by atoms with Crippen LogP contribution >= 0.6 is 0 Å². The fourth-order valence-corrected chi connectivity index (χ4v) is 2.39. The molecule has 2 N–H and O–H groups in total. The van der Waals surface area contributed by atoms with Crippen LogP contribution in [-0.2, 0) is 14.3 Å². The summed E-state index contributed by atoms with van der Waals surface area (Å²) in [4.78, 5) is 47.6. The number of esters is 1. The zero-order valence-electron chi connectivity index (χ0n) is 16.1. The molecule has 0 aliphatic rings. The van der Waals surface area contributed by atoms with Crippen LogP contribution in [0.5, 0.6) is 5.75 Å². The Morgan fingerprint density at radius 3 is 2.21 bits per heavy atom. The van der Waals surface area contributed by atoms with Gasteiger partial charge in [0.25, 0.3) is 5.91 Å². The molecule has 2 rings (SSSR count). The molecule has 2 aromatic carbocycles. The Morgan fingerprint density at radius 2 is 1.62 bits per heavy atom. The summed E-state index contributed by atoms with van der Waals surface area (Å²) in [5.41, 5.74) is 0.960. The lowest BCUT2D eigenvalue weighted by molar-refractivity contribution is -0.158. The summed E-state index contributed by atoms with van der Waals surface area (Å²) in [5.74, 6) is -1.20. The summed E-state index contributed by atoms with van der Waals surface area (Å²) in [5, 5.41) is 4.35. The molecule has 0 spiro atoms. The van der Waals surface area contributed by atoms with E-state index in [9.17, 15) is 19.2 Å². The van der Waals surface area contributed by atoms with Crippen molar-refractivity contribution in [1.82, 2.24) is 10.6 Å². The molecule has 1 unspecified atom stereocenters. The summed E-state index contributed by atoms with van der Waals surface area (Å²) >= 11 is 0. The number of urea groups is 1. The number of carbonyl (C=O) groups is 4. The molecule has 152 valence electrons. The fraction of sp³-hybridized carbons (Fsp3) is 0.238. The zero-order chi connectivity index (χ0) is 21.2. The average Bonchev–Trinajstić information content (AvgIpc) is 2.76. The largest absolute Gasteiger partial charge is 0.482 e. The van der Waals surface area contributed by atoms with Crippen LogP contribution in [-0.4, -0.2) is 37.3 Å². The number of benzene rings is 2. The Balaban J connectivity index is 2.01. The van der Waals surface area contributed by atoms with Crippen LogP contribution in [0.25, 0.3) is 0 Å². The van der Waals surface area contributed by atoms with Crippen molar-refractivity contribution in [2.75, 3.05) is 13.7 Å². The van der Waals surface area contributed by atoms with Crippen molar-refractivity contribution in [2.24, 2.45) is 0 Å². The minimum atomic E-state index is -1.31. The molecule has 0 bridgehead atoms. The quantitative estimate of drug-likeness (QED) is 0.522. The molecule has 0 aromatic heterocycles. The van der Waals surface area contributed by atoms with Crippen molar-refractivity contribution in [1.29, 1.82) is 0 Å². The molecule has 1 atom stereocenters. The first kappa shape index (κ1) is 21.6. The van der Waals surface area contributed by atoms with E-state index in [0.29, 0.717) is 23.3 Å². The molecule has 0 heterocycles.